The van der Waals surface area contributed by atoms with Gasteiger partial charge in [0.1, 0.15) is 6.10 Å². The number of allylic oxidation sites excluding steroid dienone is 1. The predicted octanol–water partition coefficient (Wildman–Crippen LogP) is 4.07. The molecule has 0 radical (unpaired) electrons. The van der Waals surface area contributed by atoms with Gasteiger partial charge in [-0.25, -0.2) is 0 Å². The summed E-state index contributed by atoms with van der Waals surface area (Å²) in [6.07, 6.45) is 3.92. The highest BCUT2D eigenvalue weighted by Gasteiger charge is 2.18. The van der Waals surface area contributed by atoms with E-state index in [0.29, 0.717) is 12.3 Å². The number of rotatable bonds is 7. The Morgan fingerprint density at radius 2 is 2.05 bits per heavy atom. The second kappa shape index (κ2) is 7.78. The summed E-state index contributed by atoms with van der Waals surface area (Å²) in [5, 5.41) is 0. The number of carbonyl (C=O) groups is 1. The minimum atomic E-state index is -0.142. The van der Waals surface area contributed by atoms with Crippen LogP contribution in [0.4, 0.5) is 0 Å². The van der Waals surface area contributed by atoms with Crippen LogP contribution in [0.5, 0.6) is 0 Å². The number of aryl methyl sites for hydroxylation is 1. The van der Waals surface area contributed by atoms with Crippen molar-refractivity contribution >= 4 is 5.97 Å². The Kier molecular flexibility index (Phi) is 6.34. The SMILES string of the molecule is C=CCCC(OC(=O)Cc1ccccc1C)C(C)C. The van der Waals surface area contributed by atoms with E-state index >= 15 is 0 Å². The molecule has 0 aromatic heterocycles. The molecule has 104 valence electrons. The zero-order chi connectivity index (χ0) is 14.3. The Hall–Kier alpha value is -1.57. The molecule has 0 heterocycles. The standard InChI is InChI=1S/C17H24O2/c1-5-6-11-16(13(2)3)19-17(18)12-15-10-8-7-9-14(15)4/h5,7-10,13,16H,1,6,11-12H2,2-4H3. The number of carbonyl (C=O) groups excluding carboxylic acids is 1. The topological polar surface area (TPSA) is 26.3 Å². The molecule has 0 aliphatic rings. The molecular formula is C17H24O2. The highest BCUT2D eigenvalue weighted by atomic mass is 16.5. The zero-order valence-corrected chi connectivity index (χ0v) is 12.2. The number of ether oxygens (including phenoxy) is 1. The van der Waals surface area contributed by atoms with E-state index in [1.807, 2.05) is 37.3 Å². The first-order chi connectivity index (χ1) is 9.04. The fraction of sp³-hybridized carbons (Fsp3) is 0.471. The highest BCUT2D eigenvalue weighted by Crippen LogP contribution is 2.15. The van der Waals surface area contributed by atoms with Gasteiger partial charge in [0.25, 0.3) is 0 Å². The third kappa shape index (κ3) is 5.29. The number of hydrogen-bond acceptors (Lipinski definition) is 2. The smallest absolute Gasteiger partial charge is 0.310 e. The van der Waals surface area contributed by atoms with Crippen molar-refractivity contribution in [2.24, 2.45) is 5.92 Å². The summed E-state index contributed by atoms with van der Waals surface area (Å²) in [5.41, 5.74) is 2.17. The fourth-order valence-electron chi connectivity index (χ4n) is 1.98. The third-order valence-corrected chi connectivity index (χ3v) is 3.28. The monoisotopic (exact) mass is 260 g/mol. The molecule has 2 nitrogen and oxygen atoms in total. The average molecular weight is 260 g/mol. The normalized spacial score (nSPS) is 12.2. The molecule has 1 atom stereocenters. The quantitative estimate of drug-likeness (QED) is 0.545. The Balaban J connectivity index is 2.57. The maximum absolute atomic E-state index is 12.0. The number of benzene rings is 1. The van der Waals surface area contributed by atoms with Crippen LogP contribution in [0.25, 0.3) is 0 Å². The van der Waals surface area contributed by atoms with Crippen molar-refractivity contribution in [1.29, 1.82) is 0 Å². The second-order valence-corrected chi connectivity index (χ2v) is 5.24. The average Bonchev–Trinajstić information content (AvgIpc) is 2.37. The van der Waals surface area contributed by atoms with Crippen LogP contribution < -0.4 is 0 Å². The molecule has 1 aromatic rings. The molecule has 0 saturated heterocycles. The van der Waals surface area contributed by atoms with E-state index in [0.717, 1.165) is 24.0 Å². The minimum absolute atomic E-state index is 0.0190. The van der Waals surface area contributed by atoms with Crippen LogP contribution in [0.2, 0.25) is 0 Å². The fourth-order valence-corrected chi connectivity index (χ4v) is 1.98. The summed E-state index contributed by atoms with van der Waals surface area (Å²) < 4.78 is 5.59. The molecule has 0 saturated carbocycles. The molecule has 1 unspecified atom stereocenters. The largest absolute Gasteiger partial charge is 0.462 e. The van der Waals surface area contributed by atoms with Gasteiger partial charge in [-0.05, 0) is 36.8 Å². The van der Waals surface area contributed by atoms with Gasteiger partial charge in [-0.3, -0.25) is 4.79 Å². The summed E-state index contributed by atoms with van der Waals surface area (Å²) >= 11 is 0. The van der Waals surface area contributed by atoms with Crippen LogP contribution in [0.1, 0.15) is 37.8 Å². The zero-order valence-electron chi connectivity index (χ0n) is 12.2. The predicted molar refractivity (Wildman–Crippen MR) is 79.0 cm³/mol. The lowest BCUT2D eigenvalue weighted by Crippen LogP contribution is -2.24. The molecule has 0 N–H and O–H groups in total. The van der Waals surface area contributed by atoms with Gasteiger partial charge in [0.05, 0.1) is 6.42 Å². The van der Waals surface area contributed by atoms with Gasteiger partial charge in [0, 0.05) is 0 Å². The molecular weight excluding hydrogens is 236 g/mol. The molecule has 0 aliphatic carbocycles. The molecule has 1 aromatic carbocycles. The maximum atomic E-state index is 12.0. The van der Waals surface area contributed by atoms with Crippen molar-refractivity contribution in [3.05, 3.63) is 48.0 Å². The molecule has 0 aliphatic heterocycles. The van der Waals surface area contributed by atoms with E-state index in [2.05, 4.69) is 20.4 Å². The second-order valence-electron chi connectivity index (χ2n) is 5.24. The van der Waals surface area contributed by atoms with Crippen LogP contribution in [0.3, 0.4) is 0 Å². The van der Waals surface area contributed by atoms with E-state index in [9.17, 15) is 4.79 Å². The van der Waals surface area contributed by atoms with E-state index in [1.54, 1.807) is 0 Å². The summed E-state index contributed by atoms with van der Waals surface area (Å²) in [6, 6.07) is 7.92. The van der Waals surface area contributed by atoms with Crippen molar-refractivity contribution in [3.63, 3.8) is 0 Å². The van der Waals surface area contributed by atoms with Crippen LogP contribution in [0.15, 0.2) is 36.9 Å². The van der Waals surface area contributed by atoms with Crippen LogP contribution >= 0.6 is 0 Å². The molecule has 2 heteroatoms. The van der Waals surface area contributed by atoms with Gasteiger partial charge in [-0.1, -0.05) is 44.2 Å². The van der Waals surface area contributed by atoms with Crippen LogP contribution in [0, 0.1) is 12.8 Å². The van der Waals surface area contributed by atoms with E-state index < -0.39 is 0 Å². The molecule has 0 bridgehead atoms. The van der Waals surface area contributed by atoms with Crippen molar-refractivity contribution in [2.75, 3.05) is 0 Å². The molecule has 0 fully saturated rings. The molecule has 1 rings (SSSR count). The van der Waals surface area contributed by atoms with Crippen molar-refractivity contribution < 1.29 is 9.53 Å². The first kappa shape index (κ1) is 15.5. The van der Waals surface area contributed by atoms with Gasteiger partial charge in [0.15, 0.2) is 0 Å². The first-order valence-electron chi connectivity index (χ1n) is 6.89. The minimum Gasteiger partial charge on any atom is -0.462 e. The Morgan fingerprint density at radius 3 is 2.63 bits per heavy atom. The Labute approximate surface area is 116 Å². The Bertz CT molecular complexity index is 421. The van der Waals surface area contributed by atoms with Gasteiger partial charge < -0.3 is 4.74 Å². The van der Waals surface area contributed by atoms with Gasteiger partial charge in [0.2, 0.25) is 0 Å². The summed E-state index contributed by atoms with van der Waals surface area (Å²) in [4.78, 5) is 12.0. The van der Waals surface area contributed by atoms with E-state index in [-0.39, 0.29) is 12.1 Å². The summed E-state index contributed by atoms with van der Waals surface area (Å²) in [7, 11) is 0. The van der Waals surface area contributed by atoms with Gasteiger partial charge in [-0.2, -0.15) is 0 Å². The third-order valence-electron chi connectivity index (χ3n) is 3.28. The van der Waals surface area contributed by atoms with Crippen molar-refractivity contribution in [1.82, 2.24) is 0 Å². The molecule has 0 amide bonds. The summed E-state index contributed by atoms with van der Waals surface area (Å²) in [6.45, 7) is 9.88. The highest BCUT2D eigenvalue weighted by molar-refractivity contribution is 5.73. The first-order valence-corrected chi connectivity index (χ1v) is 6.89. The number of esters is 1. The Morgan fingerprint density at radius 1 is 1.37 bits per heavy atom. The maximum Gasteiger partial charge on any atom is 0.310 e. The van der Waals surface area contributed by atoms with Gasteiger partial charge in [-0.15, -0.1) is 6.58 Å². The van der Waals surface area contributed by atoms with Crippen molar-refractivity contribution in [2.45, 2.75) is 46.1 Å². The van der Waals surface area contributed by atoms with Crippen molar-refractivity contribution in [3.8, 4) is 0 Å². The lowest BCUT2D eigenvalue weighted by atomic mass is 10.0. The van der Waals surface area contributed by atoms with E-state index in [1.165, 1.54) is 0 Å². The lowest BCUT2D eigenvalue weighted by Gasteiger charge is -2.21. The molecule has 19 heavy (non-hydrogen) atoms. The van der Waals surface area contributed by atoms with Gasteiger partial charge >= 0.3 is 5.97 Å². The molecule has 0 spiro atoms. The van der Waals surface area contributed by atoms with Crippen LogP contribution in [-0.2, 0) is 16.0 Å². The summed E-state index contributed by atoms with van der Waals surface area (Å²) in [5.74, 6) is 0.192. The van der Waals surface area contributed by atoms with E-state index in [4.69, 9.17) is 4.74 Å². The lowest BCUT2D eigenvalue weighted by molar-refractivity contribution is -0.150. The van der Waals surface area contributed by atoms with Crippen LogP contribution in [-0.4, -0.2) is 12.1 Å². The number of hydrogen-bond donors (Lipinski definition) is 0.